The summed E-state index contributed by atoms with van der Waals surface area (Å²) < 4.78 is 0. The number of hydrogen-bond acceptors (Lipinski definition) is 3. The maximum absolute atomic E-state index is 4.66. The van der Waals surface area contributed by atoms with Crippen molar-refractivity contribution >= 4 is 11.3 Å². The van der Waals surface area contributed by atoms with E-state index >= 15 is 0 Å². The van der Waals surface area contributed by atoms with Crippen molar-refractivity contribution < 1.29 is 0 Å². The fourth-order valence-electron chi connectivity index (χ4n) is 2.73. The monoisotopic (exact) mass is 267 g/mol. The van der Waals surface area contributed by atoms with E-state index in [-0.39, 0.29) is 0 Å². The molecule has 3 nitrogen and oxygen atoms in total. The van der Waals surface area contributed by atoms with Gasteiger partial charge in [0.1, 0.15) is 5.82 Å². The Bertz CT molecular complexity index is 675. The van der Waals surface area contributed by atoms with E-state index in [2.05, 4.69) is 50.9 Å². The van der Waals surface area contributed by atoms with Gasteiger partial charge in [-0.15, -0.1) is 11.3 Å². The minimum Gasteiger partial charge on any atom is -0.262 e. The van der Waals surface area contributed by atoms with E-state index in [4.69, 9.17) is 0 Å². The van der Waals surface area contributed by atoms with E-state index in [0.717, 1.165) is 29.4 Å². The summed E-state index contributed by atoms with van der Waals surface area (Å²) in [6, 6.07) is 12.7. The zero-order valence-electron chi connectivity index (χ0n) is 10.3. The van der Waals surface area contributed by atoms with Gasteiger partial charge < -0.3 is 0 Å². The minimum absolute atomic E-state index is 0.443. The number of nitrogens with zero attached hydrogens (tertiary/aromatic N) is 2. The first-order valence-corrected chi connectivity index (χ1v) is 7.31. The number of aromatic amines is 1. The van der Waals surface area contributed by atoms with Gasteiger partial charge in [0.05, 0.1) is 4.88 Å². The number of H-pyrrole nitrogens is 1. The maximum Gasteiger partial charge on any atom is 0.191 e. The molecule has 1 aromatic carbocycles. The molecule has 0 radical (unpaired) electrons. The van der Waals surface area contributed by atoms with E-state index in [1.165, 1.54) is 11.1 Å². The molecule has 4 heteroatoms. The van der Waals surface area contributed by atoms with Crippen molar-refractivity contribution in [1.82, 2.24) is 15.2 Å². The predicted octanol–water partition coefficient (Wildman–Crippen LogP) is 3.42. The Morgan fingerprint density at radius 1 is 1.05 bits per heavy atom. The van der Waals surface area contributed by atoms with Gasteiger partial charge in [-0.3, -0.25) is 5.10 Å². The highest BCUT2D eigenvalue weighted by Crippen LogP contribution is 2.33. The minimum atomic E-state index is 0.443. The molecule has 19 heavy (non-hydrogen) atoms. The summed E-state index contributed by atoms with van der Waals surface area (Å²) >= 11 is 1.67. The van der Waals surface area contributed by atoms with Gasteiger partial charge in [0.25, 0.3) is 0 Å². The van der Waals surface area contributed by atoms with Gasteiger partial charge >= 0.3 is 0 Å². The van der Waals surface area contributed by atoms with Crippen molar-refractivity contribution in [3.8, 4) is 10.7 Å². The standard InChI is InChI=1S/C15H13N3S/c1-2-5-11-9-12(8-10(11)4-1)14-16-15(18-17-14)13-6-3-7-19-13/h1-7,12H,8-9H2,(H,16,17,18). The molecule has 0 unspecified atom stereocenters. The molecule has 1 N–H and O–H groups in total. The van der Waals surface area contributed by atoms with Gasteiger partial charge in [-0.1, -0.05) is 30.3 Å². The van der Waals surface area contributed by atoms with Crippen LogP contribution in [0.3, 0.4) is 0 Å². The molecule has 0 saturated heterocycles. The Balaban J connectivity index is 1.62. The quantitative estimate of drug-likeness (QED) is 0.773. The third-order valence-electron chi connectivity index (χ3n) is 3.68. The lowest BCUT2D eigenvalue weighted by Gasteiger charge is -2.02. The lowest BCUT2D eigenvalue weighted by Crippen LogP contribution is -2.00. The molecule has 3 aromatic rings. The van der Waals surface area contributed by atoms with Gasteiger partial charge in [-0.05, 0) is 35.4 Å². The van der Waals surface area contributed by atoms with Crippen LogP contribution in [0.4, 0.5) is 0 Å². The number of benzene rings is 1. The molecule has 2 aromatic heterocycles. The molecular weight excluding hydrogens is 254 g/mol. The van der Waals surface area contributed by atoms with Crippen LogP contribution in [-0.2, 0) is 12.8 Å². The second kappa shape index (κ2) is 4.31. The van der Waals surface area contributed by atoms with Crippen LogP contribution in [0.2, 0.25) is 0 Å². The van der Waals surface area contributed by atoms with Crippen LogP contribution in [0.5, 0.6) is 0 Å². The smallest absolute Gasteiger partial charge is 0.191 e. The Kier molecular flexibility index (Phi) is 2.48. The number of aromatic nitrogens is 3. The van der Waals surface area contributed by atoms with Crippen LogP contribution in [0.15, 0.2) is 41.8 Å². The number of rotatable bonds is 2. The molecule has 0 fully saturated rings. The highest BCUT2D eigenvalue weighted by molar-refractivity contribution is 7.13. The summed E-state index contributed by atoms with van der Waals surface area (Å²) in [6.45, 7) is 0. The molecule has 1 aliphatic carbocycles. The van der Waals surface area contributed by atoms with E-state index in [0.29, 0.717) is 5.92 Å². The van der Waals surface area contributed by atoms with Crippen LogP contribution < -0.4 is 0 Å². The third kappa shape index (κ3) is 1.88. The average molecular weight is 267 g/mol. The van der Waals surface area contributed by atoms with Crippen molar-refractivity contribution in [1.29, 1.82) is 0 Å². The fraction of sp³-hybridized carbons (Fsp3) is 0.200. The molecule has 1 aliphatic rings. The van der Waals surface area contributed by atoms with E-state index in [1.807, 2.05) is 6.07 Å². The van der Waals surface area contributed by atoms with Crippen molar-refractivity contribution in [3.63, 3.8) is 0 Å². The normalized spacial score (nSPS) is 14.7. The Morgan fingerprint density at radius 3 is 2.53 bits per heavy atom. The molecular formula is C15H13N3S. The summed E-state index contributed by atoms with van der Waals surface area (Å²) in [5, 5.41) is 9.51. The molecule has 4 rings (SSSR count). The largest absolute Gasteiger partial charge is 0.262 e. The van der Waals surface area contributed by atoms with E-state index in [1.54, 1.807) is 11.3 Å². The molecule has 0 amide bonds. The zero-order valence-corrected chi connectivity index (χ0v) is 11.2. The van der Waals surface area contributed by atoms with Gasteiger partial charge in [0.2, 0.25) is 0 Å². The van der Waals surface area contributed by atoms with E-state index in [9.17, 15) is 0 Å². The fourth-order valence-corrected chi connectivity index (χ4v) is 3.38. The number of nitrogens with one attached hydrogen (secondary N) is 1. The van der Waals surface area contributed by atoms with Gasteiger partial charge in [-0.25, -0.2) is 4.98 Å². The Labute approximate surface area is 115 Å². The highest BCUT2D eigenvalue weighted by Gasteiger charge is 2.25. The molecule has 0 bridgehead atoms. The van der Waals surface area contributed by atoms with Crippen LogP contribution in [-0.4, -0.2) is 15.2 Å². The number of thiophene rings is 1. The predicted molar refractivity (Wildman–Crippen MR) is 76.3 cm³/mol. The van der Waals surface area contributed by atoms with Crippen LogP contribution in [0.1, 0.15) is 22.9 Å². The van der Waals surface area contributed by atoms with Gasteiger partial charge in [0, 0.05) is 5.92 Å². The first-order valence-electron chi connectivity index (χ1n) is 6.43. The van der Waals surface area contributed by atoms with Gasteiger partial charge in [-0.2, -0.15) is 5.10 Å². The summed E-state index contributed by atoms with van der Waals surface area (Å²) in [4.78, 5) is 5.78. The SMILES string of the molecule is c1csc(-c2n[nH]c(C3Cc4ccccc4C3)n2)c1. The topological polar surface area (TPSA) is 41.6 Å². The van der Waals surface area contributed by atoms with Crippen LogP contribution in [0, 0.1) is 0 Å². The second-order valence-electron chi connectivity index (χ2n) is 4.90. The maximum atomic E-state index is 4.66. The van der Waals surface area contributed by atoms with Crippen LogP contribution >= 0.6 is 11.3 Å². The first-order chi connectivity index (χ1) is 9.40. The van der Waals surface area contributed by atoms with Crippen molar-refractivity contribution in [2.45, 2.75) is 18.8 Å². The lowest BCUT2D eigenvalue weighted by atomic mass is 10.1. The molecule has 94 valence electrons. The zero-order chi connectivity index (χ0) is 12.7. The summed E-state index contributed by atoms with van der Waals surface area (Å²) in [5.74, 6) is 2.28. The Hall–Kier alpha value is -1.94. The van der Waals surface area contributed by atoms with Crippen molar-refractivity contribution in [3.05, 3.63) is 58.7 Å². The molecule has 0 saturated carbocycles. The Morgan fingerprint density at radius 2 is 1.84 bits per heavy atom. The summed E-state index contributed by atoms with van der Waals surface area (Å²) in [5.41, 5.74) is 2.89. The van der Waals surface area contributed by atoms with Crippen molar-refractivity contribution in [2.24, 2.45) is 0 Å². The van der Waals surface area contributed by atoms with E-state index < -0.39 is 0 Å². The summed E-state index contributed by atoms with van der Waals surface area (Å²) in [6.07, 6.45) is 2.13. The second-order valence-corrected chi connectivity index (χ2v) is 5.84. The number of fused-ring (bicyclic) bond motifs is 1. The van der Waals surface area contributed by atoms with Gasteiger partial charge in [0.15, 0.2) is 5.82 Å². The first kappa shape index (κ1) is 10.9. The molecule has 0 atom stereocenters. The van der Waals surface area contributed by atoms with Crippen molar-refractivity contribution in [2.75, 3.05) is 0 Å². The summed E-state index contributed by atoms with van der Waals surface area (Å²) in [7, 11) is 0. The third-order valence-corrected chi connectivity index (χ3v) is 4.55. The van der Waals surface area contributed by atoms with Crippen LogP contribution in [0.25, 0.3) is 10.7 Å². The average Bonchev–Trinajstić information content (AvgIpc) is 3.17. The molecule has 0 aliphatic heterocycles. The number of hydrogen-bond donors (Lipinski definition) is 1. The lowest BCUT2D eigenvalue weighted by molar-refractivity contribution is 0.686. The molecule has 0 spiro atoms. The highest BCUT2D eigenvalue weighted by atomic mass is 32.1. The molecule has 2 heterocycles.